The predicted octanol–water partition coefficient (Wildman–Crippen LogP) is 5.28. The average Bonchev–Trinajstić information content (AvgIpc) is 3.04. The van der Waals surface area contributed by atoms with Crippen molar-refractivity contribution in [2.75, 3.05) is 4.90 Å². The maximum absolute atomic E-state index is 11.6. The Morgan fingerprint density at radius 1 is 1.19 bits per heavy atom. The van der Waals surface area contributed by atoms with Crippen LogP contribution in [0.1, 0.15) is 40.5 Å². The van der Waals surface area contributed by atoms with Crippen molar-refractivity contribution in [3.63, 3.8) is 0 Å². The number of rotatable bonds is 4. The number of phenolic OH excluding ortho intramolecular Hbond substituents is 1. The number of anilines is 1. The molecule has 0 spiro atoms. The number of thiophene rings is 1. The van der Waals surface area contributed by atoms with Gasteiger partial charge in [-0.15, -0.1) is 11.3 Å². The second-order valence-corrected chi connectivity index (χ2v) is 9.82. The summed E-state index contributed by atoms with van der Waals surface area (Å²) in [6.45, 7) is 5.64. The molecule has 0 fully saturated rings. The lowest BCUT2D eigenvalue weighted by Gasteiger charge is -2.24. The molecule has 0 radical (unpaired) electrons. The fourth-order valence-electron chi connectivity index (χ4n) is 3.65. The number of aliphatic imine (C=N–C) groups is 1. The number of benzene rings is 2. The van der Waals surface area contributed by atoms with Crippen LogP contribution in [0.3, 0.4) is 0 Å². The molecule has 36 heavy (non-hydrogen) atoms. The molecule has 1 aliphatic heterocycles. The Morgan fingerprint density at radius 2 is 1.81 bits per heavy atom. The summed E-state index contributed by atoms with van der Waals surface area (Å²) in [4.78, 5) is 19.0. The van der Waals surface area contributed by atoms with Gasteiger partial charge in [0.15, 0.2) is 0 Å². The number of carbonyl (C=O) groups is 1. The van der Waals surface area contributed by atoms with Gasteiger partial charge in [-0.3, -0.25) is 25.5 Å². The minimum Gasteiger partial charge on any atom is -0.508 e. The van der Waals surface area contributed by atoms with Gasteiger partial charge in [0.1, 0.15) is 28.5 Å². The molecular formula is C26H27ClN6O2S. The second-order valence-electron chi connectivity index (χ2n) is 8.18. The van der Waals surface area contributed by atoms with Gasteiger partial charge in [-0.2, -0.15) is 0 Å². The summed E-state index contributed by atoms with van der Waals surface area (Å²) in [6, 6.07) is 13.0. The van der Waals surface area contributed by atoms with E-state index < -0.39 is 11.9 Å². The van der Waals surface area contributed by atoms with Crippen LogP contribution in [-0.2, 0) is 4.79 Å². The summed E-state index contributed by atoms with van der Waals surface area (Å²) in [5.74, 6) is -0.0254. The molecule has 2 aromatic carbocycles. The smallest absolute Gasteiger partial charge is 0.220 e. The molecule has 0 saturated carbocycles. The molecular weight excluding hydrogens is 496 g/mol. The van der Waals surface area contributed by atoms with E-state index in [1.165, 1.54) is 17.6 Å². The molecule has 0 unspecified atom stereocenters. The number of hydrogen-bond donors (Lipinski definition) is 5. The second kappa shape index (κ2) is 11.3. The zero-order chi connectivity index (χ0) is 26.6. The van der Waals surface area contributed by atoms with Crippen molar-refractivity contribution in [2.45, 2.75) is 33.2 Å². The third kappa shape index (κ3) is 5.87. The predicted molar refractivity (Wildman–Crippen MR) is 148 cm³/mol. The molecule has 0 aliphatic carbocycles. The van der Waals surface area contributed by atoms with E-state index in [0.29, 0.717) is 10.7 Å². The number of aromatic hydroxyl groups is 1. The highest BCUT2D eigenvalue weighted by Gasteiger charge is 2.34. The van der Waals surface area contributed by atoms with Crippen LogP contribution in [0.5, 0.6) is 5.75 Å². The van der Waals surface area contributed by atoms with Gasteiger partial charge in [0.05, 0.1) is 12.1 Å². The highest BCUT2D eigenvalue weighted by Crippen LogP contribution is 2.40. The average molecular weight is 523 g/mol. The van der Waals surface area contributed by atoms with Gasteiger partial charge >= 0.3 is 0 Å². The van der Waals surface area contributed by atoms with Gasteiger partial charge in [-0.1, -0.05) is 23.7 Å². The SMILES string of the molecule is CC(=N)N1C(=N)[C@H](CC(N)=O)N=C(c2ccc(Cl)cc2)c2c1sc(C)c2C.N=Cc1ccc(O)cc1. The molecule has 1 atom stereocenters. The van der Waals surface area contributed by atoms with E-state index in [9.17, 15) is 4.79 Å². The third-order valence-electron chi connectivity index (χ3n) is 5.56. The molecule has 8 nitrogen and oxygen atoms in total. The number of carbonyl (C=O) groups excluding carboxylic acids is 1. The minimum atomic E-state index is -0.757. The van der Waals surface area contributed by atoms with Crippen molar-refractivity contribution in [1.82, 2.24) is 0 Å². The largest absolute Gasteiger partial charge is 0.508 e. The Labute approximate surface area is 218 Å². The van der Waals surface area contributed by atoms with Crippen molar-refractivity contribution in [2.24, 2.45) is 10.7 Å². The summed E-state index contributed by atoms with van der Waals surface area (Å²) in [5, 5.41) is 33.8. The number of halogens is 1. The molecule has 0 saturated heterocycles. The van der Waals surface area contributed by atoms with Crippen LogP contribution >= 0.6 is 22.9 Å². The van der Waals surface area contributed by atoms with Crippen LogP contribution in [0.25, 0.3) is 0 Å². The van der Waals surface area contributed by atoms with Crippen LogP contribution in [0.4, 0.5) is 5.00 Å². The van der Waals surface area contributed by atoms with Crippen molar-refractivity contribution in [3.8, 4) is 5.75 Å². The first-order valence-corrected chi connectivity index (χ1v) is 12.2. The first-order valence-electron chi connectivity index (χ1n) is 11.0. The number of aryl methyl sites for hydroxylation is 1. The fourth-order valence-corrected chi connectivity index (χ4v) is 5.00. The van der Waals surface area contributed by atoms with E-state index in [1.54, 1.807) is 48.2 Å². The number of phenols is 1. The summed E-state index contributed by atoms with van der Waals surface area (Å²) >= 11 is 7.55. The highest BCUT2D eigenvalue weighted by atomic mass is 35.5. The van der Waals surface area contributed by atoms with Gasteiger partial charge in [0.25, 0.3) is 0 Å². The lowest BCUT2D eigenvalue weighted by Crippen LogP contribution is -2.41. The van der Waals surface area contributed by atoms with Gasteiger partial charge in [-0.05, 0) is 68.3 Å². The van der Waals surface area contributed by atoms with Crippen molar-refractivity contribution >= 4 is 57.4 Å². The fraction of sp³-hybridized carbons (Fsp3) is 0.192. The van der Waals surface area contributed by atoms with Crippen LogP contribution in [0, 0.1) is 30.1 Å². The molecule has 3 aromatic rings. The number of nitrogens with one attached hydrogen (secondary N) is 3. The zero-order valence-corrected chi connectivity index (χ0v) is 21.7. The Bertz CT molecular complexity index is 1350. The van der Waals surface area contributed by atoms with E-state index in [2.05, 4.69) is 0 Å². The maximum atomic E-state index is 11.6. The lowest BCUT2D eigenvalue weighted by molar-refractivity contribution is -0.118. The van der Waals surface area contributed by atoms with Crippen LogP contribution < -0.4 is 10.6 Å². The number of fused-ring (bicyclic) bond motifs is 1. The van der Waals surface area contributed by atoms with E-state index in [1.807, 2.05) is 26.0 Å². The van der Waals surface area contributed by atoms with Crippen molar-refractivity contribution in [1.29, 1.82) is 16.2 Å². The standard InChI is InChI=1S/C19H20ClN5OS.C7H7NO/c1-9-10(2)27-19-16(9)17(12-4-6-13(20)7-5-12)24-14(8-15(22)26)18(23)25(19)11(3)21;8-5-6-1-3-7(9)4-2-6/h4-7,14,21,23H,8H2,1-3H3,(H2,22,26);1-5,8-9H/t14-;/m0./s1. The summed E-state index contributed by atoms with van der Waals surface area (Å²) in [7, 11) is 0. The molecule has 1 aliphatic rings. The summed E-state index contributed by atoms with van der Waals surface area (Å²) < 4.78 is 0. The van der Waals surface area contributed by atoms with Gasteiger partial charge < -0.3 is 16.2 Å². The van der Waals surface area contributed by atoms with E-state index in [0.717, 1.165) is 32.1 Å². The monoisotopic (exact) mass is 522 g/mol. The lowest BCUT2D eigenvalue weighted by atomic mass is 9.99. The molecule has 0 bridgehead atoms. The van der Waals surface area contributed by atoms with E-state index >= 15 is 0 Å². The molecule has 186 valence electrons. The number of nitrogens with two attached hydrogens (primary N) is 1. The van der Waals surface area contributed by atoms with Crippen molar-refractivity contribution in [3.05, 3.63) is 80.7 Å². The number of hydrogen-bond acceptors (Lipinski definition) is 7. The number of nitrogens with zero attached hydrogens (tertiary/aromatic N) is 2. The normalized spacial score (nSPS) is 14.7. The molecule has 1 amide bonds. The van der Waals surface area contributed by atoms with Crippen LogP contribution in [0.2, 0.25) is 5.02 Å². The van der Waals surface area contributed by atoms with Gasteiger partial charge in [0, 0.05) is 27.2 Å². The summed E-state index contributed by atoms with van der Waals surface area (Å²) in [6.07, 6.45) is 1.14. The molecule has 2 heterocycles. The topological polar surface area (TPSA) is 150 Å². The zero-order valence-electron chi connectivity index (χ0n) is 20.1. The number of amides is 1. The highest BCUT2D eigenvalue weighted by molar-refractivity contribution is 7.17. The Balaban J connectivity index is 0.000000338. The quantitative estimate of drug-likeness (QED) is 0.234. The summed E-state index contributed by atoms with van der Waals surface area (Å²) in [5.41, 5.74) is 9.65. The first kappa shape index (κ1) is 26.8. The number of amidine groups is 2. The number of primary amides is 1. The Kier molecular flexibility index (Phi) is 8.39. The molecule has 1 aromatic heterocycles. The van der Waals surface area contributed by atoms with Crippen molar-refractivity contribution < 1.29 is 9.90 Å². The minimum absolute atomic E-state index is 0.0766. The van der Waals surface area contributed by atoms with E-state index in [4.69, 9.17) is 43.7 Å². The Hall–Kier alpha value is -3.82. The molecule has 6 N–H and O–H groups in total. The maximum Gasteiger partial charge on any atom is 0.220 e. The van der Waals surface area contributed by atoms with Crippen LogP contribution in [0.15, 0.2) is 53.5 Å². The Morgan fingerprint density at radius 3 is 2.33 bits per heavy atom. The van der Waals surface area contributed by atoms with E-state index in [-0.39, 0.29) is 23.8 Å². The van der Waals surface area contributed by atoms with Gasteiger partial charge in [-0.25, -0.2) is 0 Å². The van der Waals surface area contributed by atoms with Gasteiger partial charge in [0.2, 0.25) is 5.91 Å². The molecule has 4 rings (SSSR count). The van der Waals surface area contributed by atoms with Crippen LogP contribution in [-0.4, -0.2) is 40.7 Å². The third-order valence-corrected chi connectivity index (χ3v) is 7.00. The molecule has 10 heteroatoms. The first-order chi connectivity index (χ1) is 17.0.